The highest BCUT2D eigenvalue weighted by atomic mass is 19.1. The second kappa shape index (κ2) is 8.94. The monoisotopic (exact) mass is 370 g/mol. The minimum atomic E-state index is -0.170. The zero-order valence-corrected chi connectivity index (χ0v) is 16.8. The van der Waals surface area contributed by atoms with Crippen LogP contribution in [0.3, 0.4) is 0 Å². The van der Waals surface area contributed by atoms with Crippen LogP contribution >= 0.6 is 0 Å². The van der Waals surface area contributed by atoms with Crippen molar-refractivity contribution in [2.45, 2.75) is 46.6 Å². The maximum Gasteiger partial charge on any atom is 0.123 e. The molecular formula is C23H31FN2O. The second-order valence-electron chi connectivity index (χ2n) is 7.92. The lowest BCUT2D eigenvalue weighted by molar-refractivity contribution is 0.0489. The van der Waals surface area contributed by atoms with Gasteiger partial charge in [-0.05, 0) is 75.9 Å². The average Bonchev–Trinajstić information content (AvgIpc) is 3.05. The van der Waals surface area contributed by atoms with Gasteiger partial charge in [0.25, 0.3) is 0 Å². The molecule has 1 aromatic heterocycles. The van der Waals surface area contributed by atoms with Crippen molar-refractivity contribution in [1.29, 1.82) is 0 Å². The number of aryl methyl sites for hydroxylation is 3. The molecule has 0 aliphatic carbocycles. The van der Waals surface area contributed by atoms with Crippen molar-refractivity contribution in [3.63, 3.8) is 0 Å². The molecule has 4 heteroatoms. The summed E-state index contributed by atoms with van der Waals surface area (Å²) in [6.45, 7) is 10.8. The van der Waals surface area contributed by atoms with Crippen molar-refractivity contribution in [3.05, 3.63) is 64.7 Å². The first-order chi connectivity index (χ1) is 13.0. The quantitative estimate of drug-likeness (QED) is 0.673. The third-order valence-corrected chi connectivity index (χ3v) is 5.72. The van der Waals surface area contributed by atoms with E-state index in [1.54, 1.807) is 12.1 Å². The Hall–Kier alpha value is -1.78. The maximum atomic E-state index is 13.2. The molecule has 2 heterocycles. The third-order valence-electron chi connectivity index (χ3n) is 5.72. The summed E-state index contributed by atoms with van der Waals surface area (Å²) in [4.78, 5) is 7.13. The molecular weight excluding hydrogens is 339 g/mol. The van der Waals surface area contributed by atoms with Crippen LogP contribution in [-0.4, -0.2) is 36.2 Å². The smallest absolute Gasteiger partial charge is 0.123 e. The Kier molecular flexibility index (Phi) is 6.61. The summed E-state index contributed by atoms with van der Waals surface area (Å²) in [5.41, 5.74) is 4.89. The first kappa shape index (κ1) is 20.0. The summed E-state index contributed by atoms with van der Waals surface area (Å²) in [7, 11) is 0. The van der Waals surface area contributed by atoms with Gasteiger partial charge in [0.05, 0.1) is 6.61 Å². The molecule has 0 N–H and O–H groups in total. The van der Waals surface area contributed by atoms with Crippen LogP contribution in [-0.2, 0) is 17.7 Å². The van der Waals surface area contributed by atoms with Crippen LogP contribution in [0.4, 0.5) is 4.39 Å². The number of hydrogen-bond donors (Lipinski definition) is 0. The van der Waals surface area contributed by atoms with E-state index in [2.05, 4.69) is 35.9 Å². The van der Waals surface area contributed by atoms with Crippen molar-refractivity contribution in [2.75, 3.05) is 26.3 Å². The van der Waals surface area contributed by atoms with Gasteiger partial charge in [-0.3, -0.25) is 9.88 Å². The maximum absolute atomic E-state index is 13.2. The number of ether oxygens (including phenoxy) is 1. The van der Waals surface area contributed by atoms with E-state index >= 15 is 0 Å². The van der Waals surface area contributed by atoms with Gasteiger partial charge in [-0.25, -0.2) is 4.39 Å². The Morgan fingerprint density at radius 3 is 2.63 bits per heavy atom. The van der Waals surface area contributed by atoms with Crippen molar-refractivity contribution in [3.8, 4) is 0 Å². The van der Waals surface area contributed by atoms with Crippen LogP contribution in [0.25, 0.3) is 0 Å². The molecule has 1 aliphatic heterocycles. The van der Waals surface area contributed by atoms with Gasteiger partial charge in [0, 0.05) is 36.5 Å². The van der Waals surface area contributed by atoms with Crippen LogP contribution in [0.2, 0.25) is 0 Å². The van der Waals surface area contributed by atoms with Crippen LogP contribution < -0.4 is 0 Å². The highest BCUT2D eigenvalue weighted by Gasteiger charge is 2.38. The Morgan fingerprint density at radius 1 is 1.15 bits per heavy atom. The van der Waals surface area contributed by atoms with Gasteiger partial charge >= 0.3 is 0 Å². The topological polar surface area (TPSA) is 25.4 Å². The van der Waals surface area contributed by atoms with Crippen LogP contribution in [0.1, 0.15) is 42.3 Å². The second-order valence-corrected chi connectivity index (χ2v) is 7.92. The number of likely N-dealkylation sites (tertiary alicyclic amines) is 1. The molecule has 1 aromatic carbocycles. The van der Waals surface area contributed by atoms with E-state index in [-0.39, 0.29) is 11.2 Å². The van der Waals surface area contributed by atoms with Gasteiger partial charge in [-0.15, -0.1) is 0 Å². The van der Waals surface area contributed by atoms with E-state index in [9.17, 15) is 4.39 Å². The minimum Gasteiger partial charge on any atom is -0.381 e. The number of hydrogen-bond acceptors (Lipinski definition) is 3. The molecule has 3 nitrogen and oxygen atoms in total. The van der Waals surface area contributed by atoms with Crippen LogP contribution in [0.5, 0.6) is 0 Å². The van der Waals surface area contributed by atoms with E-state index in [1.807, 2.05) is 19.1 Å². The Morgan fingerprint density at radius 2 is 1.93 bits per heavy atom. The number of halogens is 1. The number of benzene rings is 1. The van der Waals surface area contributed by atoms with E-state index in [0.29, 0.717) is 0 Å². The van der Waals surface area contributed by atoms with E-state index < -0.39 is 0 Å². The number of nitrogens with zero attached hydrogens (tertiary/aromatic N) is 2. The largest absolute Gasteiger partial charge is 0.381 e. The normalized spacial score (nSPS) is 20.3. The standard InChI is InChI=1S/C23H31FN2O/c1-4-27-17-23(12-11-20-6-9-22(24)10-7-20)13-14-26(16-23)15-21-8-5-18(2)25-19(21)3/h5-10H,4,11-17H2,1-3H3. The molecule has 0 bridgehead atoms. The molecule has 0 amide bonds. The van der Waals surface area contributed by atoms with E-state index in [1.165, 1.54) is 11.1 Å². The van der Waals surface area contributed by atoms with Gasteiger partial charge in [0.15, 0.2) is 0 Å². The molecule has 1 fully saturated rings. The minimum absolute atomic E-state index is 0.170. The molecule has 0 saturated carbocycles. The zero-order valence-electron chi connectivity index (χ0n) is 16.8. The molecule has 2 aromatic rings. The predicted molar refractivity (Wildman–Crippen MR) is 107 cm³/mol. The number of pyridine rings is 1. The first-order valence-corrected chi connectivity index (χ1v) is 9.97. The summed E-state index contributed by atoms with van der Waals surface area (Å²) >= 11 is 0. The molecule has 1 saturated heterocycles. The predicted octanol–water partition coefficient (Wildman–Crippen LogP) is 4.70. The van der Waals surface area contributed by atoms with Gasteiger partial charge < -0.3 is 4.74 Å². The fourth-order valence-electron chi connectivity index (χ4n) is 4.06. The molecule has 1 unspecified atom stereocenters. The average molecular weight is 371 g/mol. The summed E-state index contributed by atoms with van der Waals surface area (Å²) in [6, 6.07) is 11.2. The van der Waals surface area contributed by atoms with Gasteiger partial charge in [0.1, 0.15) is 5.82 Å². The Balaban J connectivity index is 1.64. The number of aromatic nitrogens is 1. The molecule has 146 valence electrons. The SMILES string of the molecule is CCOCC1(CCc2ccc(F)cc2)CCN(Cc2ccc(C)nc2C)C1. The fourth-order valence-corrected chi connectivity index (χ4v) is 4.06. The van der Waals surface area contributed by atoms with Crippen molar-refractivity contribution in [2.24, 2.45) is 5.41 Å². The highest BCUT2D eigenvalue weighted by Crippen LogP contribution is 2.36. The summed E-state index contributed by atoms with van der Waals surface area (Å²) in [5, 5.41) is 0. The van der Waals surface area contributed by atoms with Crippen LogP contribution in [0.15, 0.2) is 36.4 Å². The Labute approximate surface area is 162 Å². The molecule has 27 heavy (non-hydrogen) atoms. The summed E-state index contributed by atoms with van der Waals surface area (Å²) in [5.74, 6) is -0.170. The Bertz CT molecular complexity index is 747. The lowest BCUT2D eigenvalue weighted by atomic mass is 9.82. The number of rotatable bonds is 8. The van der Waals surface area contributed by atoms with Gasteiger partial charge in [-0.1, -0.05) is 18.2 Å². The third kappa shape index (κ3) is 5.36. The van der Waals surface area contributed by atoms with Crippen molar-refractivity contribution < 1.29 is 9.13 Å². The molecule has 0 radical (unpaired) electrons. The van der Waals surface area contributed by atoms with Gasteiger partial charge in [-0.2, -0.15) is 0 Å². The first-order valence-electron chi connectivity index (χ1n) is 9.97. The fraction of sp³-hybridized carbons (Fsp3) is 0.522. The van der Waals surface area contributed by atoms with Crippen LogP contribution in [0, 0.1) is 25.1 Å². The van der Waals surface area contributed by atoms with Gasteiger partial charge in [0.2, 0.25) is 0 Å². The molecule has 0 spiro atoms. The zero-order chi connectivity index (χ0) is 19.3. The lowest BCUT2D eigenvalue weighted by Crippen LogP contribution is -2.32. The molecule has 1 aliphatic rings. The summed E-state index contributed by atoms with van der Waals surface area (Å²) in [6.07, 6.45) is 3.18. The van der Waals surface area contributed by atoms with E-state index in [0.717, 1.165) is 63.5 Å². The lowest BCUT2D eigenvalue weighted by Gasteiger charge is -2.29. The molecule has 3 rings (SSSR count). The highest BCUT2D eigenvalue weighted by molar-refractivity contribution is 5.22. The van der Waals surface area contributed by atoms with E-state index in [4.69, 9.17) is 4.74 Å². The van der Waals surface area contributed by atoms with Crippen molar-refractivity contribution in [1.82, 2.24) is 9.88 Å². The van der Waals surface area contributed by atoms with Crippen molar-refractivity contribution >= 4 is 0 Å². The molecule has 1 atom stereocenters. The summed E-state index contributed by atoms with van der Waals surface area (Å²) < 4.78 is 19.0.